The molecule has 5 rings (SSSR count). The highest BCUT2D eigenvalue weighted by Gasteiger charge is 2.27. The minimum Gasteiger partial charge on any atom is -0.505 e. The first-order chi connectivity index (χ1) is 18.4. The molecule has 1 aliphatic rings. The van der Waals surface area contributed by atoms with Gasteiger partial charge in [0.25, 0.3) is 5.91 Å². The second kappa shape index (κ2) is 9.90. The molecule has 38 heavy (non-hydrogen) atoms. The van der Waals surface area contributed by atoms with E-state index in [4.69, 9.17) is 4.74 Å². The van der Waals surface area contributed by atoms with Crippen molar-refractivity contribution in [1.82, 2.24) is 0 Å². The van der Waals surface area contributed by atoms with Crippen LogP contribution in [-0.2, 0) is 9.53 Å². The first-order valence-electron chi connectivity index (χ1n) is 11.5. The molecule has 188 valence electrons. The highest BCUT2D eigenvalue weighted by atomic mass is 16.5. The van der Waals surface area contributed by atoms with E-state index in [0.29, 0.717) is 27.9 Å². The fourth-order valence-electron chi connectivity index (χ4n) is 4.19. The third kappa shape index (κ3) is 4.56. The molecule has 0 aromatic heterocycles. The smallest absolute Gasteiger partial charge is 0.337 e. The van der Waals surface area contributed by atoms with Crippen LogP contribution in [0.3, 0.4) is 0 Å². The number of nitrogens with zero attached hydrogens (tertiary/aromatic N) is 1. The maximum atomic E-state index is 12.7. The molecule has 0 aliphatic carbocycles. The monoisotopic (exact) mass is 507 g/mol. The van der Waals surface area contributed by atoms with Gasteiger partial charge in [0, 0.05) is 11.1 Å². The van der Waals surface area contributed by atoms with Crippen LogP contribution in [0.2, 0.25) is 0 Å². The summed E-state index contributed by atoms with van der Waals surface area (Å²) in [5, 5.41) is 27.1. The standard InChI is InChI=1S/C29H21N3O6/c1-38-29(37)20-8-2-5-16(13-20)17-11-12-22-24(15-17)30-27(34)25(22)32-31-23-10-4-9-21(26(23)33)18-6-3-7-19(14-18)28(35)36/h2-15,31,33H,1H3,(H,35,36)(H,30,32,34). The molecule has 0 saturated carbocycles. The number of anilines is 2. The number of phenols is 1. The molecular weight excluding hydrogens is 486 g/mol. The molecule has 4 aromatic carbocycles. The number of hydrazone groups is 1. The van der Waals surface area contributed by atoms with E-state index in [9.17, 15) is 24.6 Å². The first-order valence-corrected chi connectivity index (χ1v) is 11.5. The van der Waals surface area contributed by atoms with E-state index in [0.717, 1.165) is 11.1 Å². The number of nitrogens with one attached hydrogen (secondary N) is 2. The number of carbonyl (C=O) groups excluding carboxylic acids is 2. The highest BCUT2D eigenvalue weighted by molar-refractivity contribution is 6.54. The Balaban J connectivity index is 1.43. The molecule has 1 heterocycles. The van der Waals surface area contributed by atoms with Crippen molar-refractivity contribution in [2.45, 2.75) is 0 Å². The van der Waals surface area contributed by atoms with E-state index < -0.39 is 17.8 Å². The Hall–Kier alpha value is -5.44. The van der Waals surface area contributed by atoms with Crippen LogP contribution >= 0.6 is 0 Å². The van der Waals surface area contributed by atoms with Crippen LogP contribution in [-0.4, -0.2) is 40.9 Å². The molecule has 0 saturated heterocycles. The fourth-order valence-corrected chi connectivity index (χ4v) is 4.19. The Morgan fingerprint density at radius 1 is 0.842 bits per heavy atom. The van der Waals surface area contributed by atoms with Crippen molar-refractivity contribution in [1.29, 1.82) is 0 Å². The van der Waals surface area contributed by atoms with Gasteiger partial charge in [0.2, 0.25) is 0 Å². The minimum atomic E-state index is -1.07. The molecule has 0 spiro atoms. The van der Waals surface area contributed by atoms with Gasteiger partial charge in [0.15, 0.2) is 5.71 Å². The van der Waals surface area contributed by atoms with Crippen LogP contribution in [0.15, 0.2) is 90.0 Å². The number of aromatic carboxylic acids is 1. The third-order valence-corrected chi connectivity index (χ3v) is 6.10. The molecule has 1 amide bonds. The average molecular weight is 508 g/mol. The summed E-state index contributed by atoms with van der Waals surface area (Å²) >= 11 is 0. The molecule has 1 aliphatic heterocycles. The van der Waals surface area contributed by atoms with Crippen molar-refractivity contribution < 1.29 is 29.3 Å². The number of carboxylic acid groups (broad SMARTS) is 1. The number of aromatic hydroxyl groups is 1. The minimum absolute atomic E-state index is 0.0936. The molecule has 4 aromatic rings. The highest BCUT2D eigenvalue weighted by Crippen LogP contribution is 2.36. The molecule has 0 bridgehead atoms. The van der Waals surface area contributed by atoms with Crippen molar-refractivity contribution in [2.24, 2.45) is 5.10 Å². The van der Waals surface area contributed by atoms with Gasteiger partial charge in [-0.25, -0.2) is 9.59 Å². The van der Waals surface area contributed by atoms with Gasteiger partial charge in [-0.15, -0.1) is 0 Å². The molecule has 0 radical (unpaired) electrons. The number of esters is 1. The lowest BCUT2D eigenvalue weighted by molar-refractivity contribution is -0.110. The normalized spacial score (nSPS) is 13.1. The number of hydrogen-bond acceptors (Lipinski definition) is 7. The summed E-state index contributed by atoms with van der Waals surface area (Å²) in [6, 6.07) is 23.5. The zero-order valence-corrected chi connectivity index (χ0v) is 20.1. The summed E-state index contributed by atoms with van der Waals surface area (Å²) in [6.07, 6.45) is 0. The quantitative estimate of drug-likeness (QED) is 0.164. The van der Waals surface area contributed by atoms with Gasteiger partial charge in [0.05, 0.1) is 29.6 Å². The van der Waals surface area contributed by atoms with Crippen LogP contribution < -0.4 is 10.7 Å². The lowest BCUT2D eigenvalue weighted by Crippen LogP contribution is -2.15. The van der Waals surface area contributed by atoms with Gasteiger partial charge in [-0.1, -0.05) is 42.5 Å². The number of carboxylic acids is 1. The lowest BCUT2D eigenvalue weighted by Gasteiger charge is -2.10. The largest absolute Gasteiger partial charge is 0.505 e. The number of hydrogen-bond donors (Lipinski definition) is 4. The Labute approximate surface area is 217 Å². The van der Waals surface area contributed by atoms with E-state index in [-0.39, 0.29) is 22.7 Å². The third-order valence-electron chi connectivity index (χ3n) is 6.10. The maximum absolute atomic E-state index is 12.7. The maximum Gasteiger partial charge on any atom is 0.337 e. The summed E-state index contributed by atoms with van der Waals surface area (Å²) in [4.78, 5) is 35.9. The summed E-state index contributed by atoms with van der Waals surface area (Å²) in [6.45, 7) is 0. The number of methoxy groups -OCH3 is 1. The van der Waals surface area contributed by atoms with Crippen molar-refractivity contribution >= 4 is 34.9 Å². The summed E-state index contributed by atoms with van der Waals surface area (Å²) in [5.74, 6) is -2.07. The zero-order chi connectivity index (χ0) is 26.8. The average Bonchev–Trinajstić information content (AvgIpc) is 3.26. The van der Waals surface area contributed by atoms with Crippen molar-refractivity contribution in [3.63, 3.8) is 0 Å². The van der Waals surface area contributed by atoms with Crippen LogP contribution in [0.4, 0.5) is 11.4 Å². The van der Waals surface area contributed by atoms with Crippen LogP contribution in [0.5, 0.6) is 5.75 Å². The molecule has 0 atom stereocenters. The SMILES string of the molecule is COC(=O)c1cccc(-c2ccc3c(c2)NC(=O)C3=NNc2cccc(-c3cccc(C(=O)O)c3)c2O)c1. The van der Waals surface area contributed by atoms with Gasteiger partial charge < -0.3 is 20.3 Å². The van der Waals surface area contributed by atoms with E-state index in [1.165, 1.54) is 19.2 Å². The Morgan fingerprint density at radius 3 is 2.29 bits per heavy atom. The van der Waals surface area contributed by atoms with Crippen LogP contribution in [0.25, 0.3) is 22.3 Å². The first kappa shape index (κ1) is 24.3. The second-order valence-electron chi connectivity index (χ2n) is 8.45. The van der Waals surface area contributed by atoms with Gasteiger partial charge >= 0.3 is 11.9 Å². The van der Waals surface area contributed by atoms with E-state index >= 15 is 0 Å². The van der Waals surface area contributed by atoms with Crippen LogP contribution in [0.1, 0.15) is 26.3 Å². The van der Waals surface area contributed by atoms with Gasteiger partial charge in [0.1, 0.15) is 5.75 Å². The van der Waals surface area contributed by atoms with Gasteiger partial charge in [-0.3, -0.25) is 10.2 Å². The predicted octanol–water partition coefficient (Wildman–Crippen LogP) is 4.98. The van der Waals surface area contributed by atoms with Crippen LogP contribution in [0, 0.1) is 0 Å². The van der Waals surface area contributed by atoms with E-state index in [1.807, 2.05) is 12.1 Å². The summed E-state index contributed by atoms with van der Waals surface area (Å²) < 4.78 is 4.79. The number of amides is 1. The second-order valence-corrected chi connectivity index (χ2v) is 8.45. The molecule has 9 heteroatoms. The topological polar surface area (TPSA) is 137 Å². The van der Waals surface area contributed by atoms with E-state index in [1.54, 1.807) is 60.7 Å². The van der Waals surface area contributed by atoms with Crippen molar-refractivity contribution in [2.75, 3.05) is 17.9 Å². The lowest BCUT2D eigenvalue weighted by atomic mass is 10.0. The predicted molar refractivity (Wildman–Crippen MR) is 143 cm³/mol. The zero-order valence-electron chi connectivity index (χ0n) is 20.1. The fraction of sp³-hybridized carbons (Fsp3) is 0.0345. The number of fused-ring (bicyclic) bond motifs is 1. The summed E-state index contributed by atoms with van der Waals surface area (Å²) in [7, 11) is 1.32. The van der Waals surface area contributed by atoms with Crippen molar-refractivity contribution in [3.8, 4) is 28.0 Å². The van der Waals surface area contributed by atoms with E-state index in [2.05, 4.69) is 15.8 Å². The van der Waals surface area contributed by atoms with Gasteiger partial charge in [-0.2, -0.15) is 5.10 Å². The Morgan fingerprint density at radius 2 is 1.53 bits per heavy atom. The molecule has 9 nitrogen and oxygen atoms in total. The molecular formula is C29H21N3O6. The van der Waals surface area contributed by atoms with Gasteiger partial charge in [-0.05, 0) is 59.2 Å². The van der Waals surface area contributed by atoms with Crippen molar-refractivity contribution in [3.05, 3.63) is 102 Å². The number of carbonyl (C=O) groups is 3. The number of rotatable bonds is 6. The number of phenolic OH excluding ortho intramolecular Hbond substituents is 1. The Kier molecular flexibility index (Phi) is 6.32. The molecule has 0 fully saturated rings. The number of para-hydroxylation sites is 1. The summed E-state index contributed by atoms with van der Waals surface area (Å²) in [5.41, 5.74) is 7.26. The molecule has 4 N–H and O–H groups in total. The molecule has 0 unspecified atom stereocenters. The Bertz CT molecular complexity index is 1640. The number of ether oxygens (including phenoxy) is 1. The number of benzene rings is 4.